The van der Waals surface area contributed by atoms with Gasteiger partial charge in [0.15, 0.2) is 0 Å². The summed E-state index contributed by atoms with van der Waals surface area (Å²) in [6, 6.07) is 10.6. The lowest BCUT2D eigenvalue weighted by atomic mass is 9.77. The summed E-state index contributed by atoms with van der Waals surface area (Å²) >= 11 is 0. The molecule has 3 heterocycles. The molecule has 3 atom stereocenters. The van der Waals surface area contributed by atoms with Gasteiger partial charge in [-0.2, -0.15) is 0 Å². The van der Waals surface area contributed by atoms with E-state index in [4.69, 9.17) is 0 Å². The van der Waals surface area contributed by atoms with Crippen LogP contribution in [0.1, 0.15) is 37.4 Å². The van der Waals surface area contributed by atoms with Crippen molar-refractivity contribution in [3.8, 4) is 17.0 Å². The number of aromatic hydroxyl groups is 1. The summed E-state index contributed by atoms with van der Waals surface area (Å²) in [6.45, 7) is 5.35. The minimum absolute atomic E-state index is 0.0663. The van der Waals surface area contributed by atoms with Crippen molar-refractivity contribution in [1.82, 2.24) is 19.4 Å². The second kappa shape index (κ2) is 8.65. The first kappa shape index (κ1) is 22.2. The quantitative estimate of drug-likeness (QED) is 0.620. The fourth-order valence-electron chi connectivity index (χ4n) is 6.42. The van der Waals surface area contributed by atoms with Gasteiger partial charge in [0.2, 0.25) is 0 Å². The van der Waals surface area contributed by atoms with Gasteiger partial charge in [-0.1, -0.05) is 19.4 Å². The molecule has 1 saturated heterocycles. The molecule has 0 spiro atoms. The van der Waals surface area contributed by atoms with E-state index in [1.165, 1.54) is 55.0 Å². The van der Waals surface area contributed by atoms with Crippen LogP contribution in [0.5, 0.6) is 5.75 Å². The van der Waals surface area contributed by atoms with Crippen molar-refractivity contribution in [2.45, 2.75) is 45.2 Å². The van der Waals surface area contributed by atoms with Crippen molar-refractivity contribution in [2.75, 3.05) is 27.2 Å². The monoisotopic (exact) mass is 448 g/mol. The molecule has 1 aromatic carbocycles. The molecular weight excluding hydrogens is 412 g/mol. The fourth-order valence-corrected chi connectivity index (χ4v) is 6.42. The van der Waals surface area contributed by atoms with Crippen LogP contribution < -0.4 is 5.56 Å². The summed E-state index contributed by atoms with van der Waals surface area (Å²) in [5, 5.41) is 11.4. The van der Waals surface area contributed by atoms with E-state index in [-0.39, 0.29) is 11.3 Å². The zero-order valence-corrected chi connectivity index (χ0v) is 20.3. The number of nitrogens with one attached hydrogen (secondary N) is 1. The highest BCUT2D eigenvalue weighted by Gasteiger charge is 2.40. The number of aryl methyl sites for hydroxylation is 1. The lowest BCUT2D eigenvalue weighted by Crippen LogP contribution is -2.41. The van der Waals surface area contributed by atoms with E-state index in [0.29, 0.717) is 18.2 Å². The first-order chi connectivity index (χ1) is 15.9. The van der Waals surface area contributed by atoms with Crippen LogP contribution in [0, 0.1) is 11.8 Å². The zero-order valence-electron chi connectivity index (χ0n) is 20.3. The summed E-state index contributed by atoms with van der Waals surface area (Å²) in [5.41, 5.74) is 4.67. The Hall–Kier alpha value is -2.57. The van der Waals surface area contributed by atoms with Gasteiger partial charge in [0.25, 0.3) is 5.56 Å². The number of pyridine rings is 1. The molecule has 1 saturated carbocycles. The Labute approximate surface area is 195 Å². The maximum absolute atomic E-state index is 12.0. The van der Waals surface area contributed by atoms with Crippen LogP contribution in [0.15, 0.2) is 35.1 Å². The highest BCUT2D eigenvalue weighted by Crippen LogP contribution is 2.39. The summed E-state index contributed by atoms with van der Waals surface area (Å²) in [7, 11) is 6.62. The first-order valence-electron chi connectivity index (χ1n) is 12.3. The van der Waals surface area contributed by atoms with Crippen LogP contribution in [-0.4, -0.2) is 57.7 Å². The van der Waals surface area contributed by atoms with Gasteiger partial charge in [0.05, 0.1) is 5.69 Å². The SMILES string of the molecule is CCc1c(O)cc(=O)[nH]c1-c1ccc2c(c1)cc(CN1C[C@H]3CCC[C@@H](N(C)C)[C@H]3C1)n2C. The van der Waals surface area contributed by atoms with E-state index in [2.05, 4.69) is 58.7 Å². The molecule has 6 nitrogen and oxygen atoms in total. The van der Waals surface area contributed by atoms with Crippen LogP contribution in [0.25, 0.3) is 22.2 Å². The summed E-state index contributed by atoms with van der Waals surface area (Å²) in [5.74, 6) is 1.67. The fraction of sp³-hybridized carbons (Fsp3) is 0.519. The van der Waals surface area contributed by atoms with Crippen LogP contribution in [0.2, 0.25) is 0 Å². The van der Waals surface area contributed by atoms with E-state index < -0.39 is 0 Å². The number of nitrogens with zero attached hydrogens (tertiary/aromatic N) is 3. The molecule has 2 fully saturated rings. The van der Waals surface area contributed by atoms with E-state index in [0.717, 1.165) is 29.5 Å². The number of hydrogen-bond donors (Lipinski definition) is 2. The minimum Gasteiger partial charge on any atom is -0.507 e. The molecule has 0 bridgehead atoms. The van der Waals surface area contributed by atoms with Crippen molar-refractivity contribution < 1.29 is 5.11 Å². The van der Waals surface area contributed by atoms with Crippen LogP contribution in [0.3, 0.4) is 0 Å². The molecule has 1 aliphatic carbocycles. The number of hydrogen-bond acceptors (Lipinski definition) is 4. The molecule has 176 valence electrons. The minimum atomic E-state index is -0.278. The second-order valence-electron chi connectivity index (χ2n) is 10.3. The van der Waals surface area contributed by atoms with Gasteiger partial charge >= 0.3 is 0 Å². The van der Waals surface area contributed by atoms with E-state index >= 15 is 0 Å². The van der Waals surface area contributed by atoms with Gasteiger partial charge in [-0.25, -0.2) is 0 Å². The van der Waals surface area contributed by atoms with Gasteiger partial charge in [-0.05, 0) is 69.0 Å². The lowest BCUT2D eigenvalue weighted by Gasteiger charge is -2.37. The van der Waals surface area contributed by atoms with E-state index in [1.807, 2.05) is 13.0 Å². The molecule has 6 heteroatoms. The van der Waals surface area contributed by atoms with Crippen LogP contribution in [-0.2, 0) is 20.0 Å². The largest absolute Gasteiger partial charge is 0.507 e. The number of H-pyrrole nitrogens is 1. The number of likely N-dealkylation sites (tertiary alicyclic amines) is 1. The predicted molar refractivity (Wildman–Crippen MR) is 134 cm³/mol. The molecule has 5 rings (SSSR count). The van der Waals surface area contributed by atoms with Crippen LogP contribution in [0.4, 0.5) is 0 Å². The third kappa shape index (κ3) is 4.00. The Balaban J connectivity index is 1.43. The number of benzene rings is 1. The average Bonchev–Trinajstić information content (AvgIpc) is 3.33. The molecule has 0 radical (unpaired) electrons. The summed E-state index contributed by atoms with van der Waals surface area (Å²) < 4.78 is 2.30. The predicted octanol–water partition coefficient (Wildman–Crippen LogP) is 3.96. The van der Waals surface area contributed by atoms with Crippen molar-refractivity contribution in [1.29, 1.82) is 0 Å². The second-order valence-corrected chi connectivity index (χ2v) is 10.3. The highest BCUT2D eigenvalue weighted by molar-refractivity contribution is 5.86. The molecule has 0 amide bonds. The Bertz CT molecular complexity index is 1220. The highest BCUT2D eigenvalue weighted by atomic mass is 16.3. The Morgan fingerprint density at radius 3 is 2.73 bits per heavy atom. The Morgan fingerprint density at radius 2 is 1.97 bits per heavy atom. The average molecular weight is 449 g/mol. The molecule has 1 aliphatic heterocycles. The Kier molecular flexibility index (Phi) is 5.83. The van der Waals surface area contributed by atoms with Crippen LogP contribution >= 0.6 is 0 Å². The zero-order chi connectivity index (χ0) is 23.3. The van der Waals surface area contributed by atoms with Gasteiger partial charge < -0.3 is 19.6 Å². The van der Waals surface area contributed by atoms with E-state index in [1.54, 1.807) is 0 Å². The summed E-state index contributed by atoms with van der Waals surface area (Å²) in [6.07, 6.45) is 4.70. The van der Waals surface area contributed by atoms with Gasteiger partial charge in [-0.3, -0.25) is 9.69 Å². The molecule has 33 heavy (non-hydrogen) atoms. The van der Waals surface area contributed by atoms with Gasteiger partial charge in [0, 0.05) is 61.0 Å². The molecular formula is C27H36N4O2. The van der Waals surface area contributed by atoms with E-state index in [9.17, 15) is 9.90 Å². The van der Waals surface area contributed by atoms with Crippen molar-refractivity contribution in [3.63, 3.8) is 0 Å². The van der Waals surface area contributed by atoms with Crippen molar-refractivity contribution >= 4 is 10.9 Å². The molecule has 0 unspecified atom stereocenters. The smallest absolute Gasteiger partial charge is 0.252 e. The number of rotatable bonds is 5. The molecule has 3 aromatic rings. The van der Waals surface area contributed by atoms with Crippen molar-refractivity contribution in [2.24, 2.45) is 18.9 Å². The number of fused-ring (bicyclic) bond motifs is 2. The number of aromatic amines is 1. The van der Waals surface area contributed by atoms with Crippen molar-refractivity contribution in [3.05, 3.63) is 51.9 Å². The third-order valence-corrected chi connectivity index (χ3v) is 8.10. The normalized spacial score (nSPS) is 23.5. The lowest BCUT2D eigenvalue weighted by molar-refractivity contribution is 0.132. The van der Waals surface area contributed by atoms with Gasteiger partial charge in [-0.15, -0.1) is 0 Å². The summed E-state index contributed by atoms with van der Waals surface area (Å²) in [4.78, 5) is 20.0. The first-order valence-corrected chi connectivity index (χ1v) is 12.3. The Morgan fingerprint density at radius 1 is 1.15 bits per heavy atom. The maximum atomic E-state index is 12.0. The third-order valence-electron chi connectivity index (χ3n) is 8.10. The standard InChI is InChI=1S/C27H36N4O2/c1-5-21-25(32)13-26(33)28-27(21)17-9-10-23-19(11-17)12-20(30(23)4)15-31-14-18-7-6-8-24(29(2)3)22(18)16-31/h9-13,18,22,24H,5-8,14-16H2,1-4H3,(H2,28,32,33)/t18-,22+,24-/m1/s1. The van der Waals surface area contributed by atoms with Gasteiger partial charge in [0.1, 0.15) is 5.75 Å². The maximum Gasteiger partial charge on any atom is 0.252 e. The number of aromatic nitrogens is 2. The molecule has 2 aromatic heterocycles. The molecule has 2 aliphatic rings. The topological polar surface area (TPSA) is 64.5 Å². The molecule has 2 N–H and O–H groups in total.